The molecule has 0 radical (unpaired) electrons. The van der Waals surface area contributed by atoms with Gasteiger partial charge in [-0.25, -0.2) is 0 Å². The second-order valence-electron chi connectivity index (χ2n) is 4.72. The predicted molar refractivity (Wildman–Crippen MR) is 69.2 cm³/mol. The van der Waals surface area contributed by atoms with E-state index in [1.165, 1.54) is 0 Å². The van der Waals surface area contributed by atoms with Crippen LogP contribution in [0.3, 0.4) is 0 Å². The molecule has 88 valence electrons. The average Bonchev–Trinajstić information content (AvgIpc) is 2.56. The van der Waals surface area contributed by atoms with Gasteiger partial charge < -0.3 is 4.42 Å². The third-order valence-corrected chi connectivity index (χ3v) is 2.97. The highest BCUT2D eigenvalue weighted by molar-refractivity contribution is 6.31. The molecule has 0 aliphatic rings. The summed E-state index contributed by atoms with van der Waals surface area (Å²) in [5.41, 5.74) is 2.73. The van der Waals surface area contributed by atoms with E-state index in [1.807, 2.05) is 19.1 Å². The first-order valence-corrected chi connectivity index (χ1v) is 6.02. The number of aryl methyl sites for hydroxylation is 1. The molecule has 0 amide bonds. The largest absolute Gasteiger partial charge is 0.445 e. The van der Waals surface area contributed by atoms with E-state index in [0.717, 1.165) is 28.5 Å². The van der Waals surface area contributed by atoms with Gasteiger partial charge in [0.25, 0.3) is 0 Å². The molecule has 0 spiro atoms. The van der Waals surface area contributed by atoms with Crippen molar-refractivity contribution in [3.63, 3.8) is 0 Å². The zero-order valence-corrected chi connectivity index (χ0v) is 10.9. The number of fused-ring (bicyclic) bond motifs is 1. The summed E-state index contributed by atoms with van der Waals surface area (Å²) in [6, 6.07) is 5.86. The summed E-state index contributed by atoms with van der Waals surface area (Å²) in [4.78, 5) is 0. The lowest BCUT2D eigenvalue weighted by Crippen LogP contribution is -1.95. The van der Waals surface area contributed by atoms with E-state index in [2.05, 4.69) is 19.9 Å². The van der Waals surface area contributed by atoms with Crippen molar-refractivity contribution in [1.82, 2.24) is 0 Å². The fourth-order valence-electron chi connectivity index (χ4n) is 2.08. The molecule has 0 bridgehead atoms. The van der Waals surface area contributed by atoms with Gasteiger partial charge >= 0.3 is 0 Å². The molecule has 0 atom stereocenters. The topological polar surface area (TPSA) is 36.9 Å². The Hall–Kier alpha value is -1.46. The second kappa shape index (κ2) is 4.43. The summed E-state index contributed by atoms with van der Waals surface area (Å²) in [6.45, 7) is 6.19. The lowest BCUT2D eigenvalue weighted by atomic mass is 9.99. The van der Waals surface area contributed by atoms with Gasteiger partial charge in [0.1, 0.15) is 11.7 Å². The Morgan fingerprint density at radius 3 is 2.71 bits per heavy atom. The van der Waals surface area contributed by atoms with E-state index in [4.69, 9.17) is 21.3 Å². The maximum atomic E-state index is 9.12. The molecule has 0 unspecified atom stereocenters. The molecule has 17 heavy (non-hydrogen) atoms. The van der Waals surface area contributed by atoms with Gasteiger partial charge in [0.15, 0.2) is 0 Å². The van der Waals surface area contributed by atoms with Gasteiger partial charge in [-0.2, -0.15) is 5.26 Å². The number of nitrogens with zero attached hydrogens (tertiary/aromatic N) is 1. The Morgan fingerprint density at radius 1 is 1.41 bits per heavy atom. The van der Waals surface area contributed by atoms with E-state index >= 15 is 0 Å². The molecule has 0 saturated carbocycles. The molecular formula is C14H14ClNO. The predicted octanol–water partition coefficient (Wildman–Crippen LogP) is 4.46. The third-order valence-electron chi connectivity index (χ3n) is 2.76. The number of hydrogen-bond acceptors (Lipinski definition) is 2. The summed E-state index contributed by atoms with van der Waals surface area (Å²) in [7, 11) is 0. The smallest absolute Gasteiger partial charge is 0.207 e. The molecule has 2 aromatic rings. The maximum Gasteiger partial charge on any atom is 0.207 e. The number of rotatable bonds is 2. The summed E-state index contributed by atoms with van der Waals surface area (Å²) < 4.78 is 5.62. The van der Waals surface area contributed by atoms with Gasteiger partial charge in [0, 0.05) is 16.0 Å². The van der Waals surface area contributed by atoms with E-state index in [-0.39, 0.29) is 0 Å². The first-order valence-electron chi connectivity index (χ1n) is 5.64. The Labute approximate surface area is 106 Å². The lowest BCUT2D eigenvalue weighted by molar-refractivity contribution is 0.577. The van der Waals surface area contributed by atoms with E-state index in [9.17, 15) is 0 Å². The quantitative estimate of drug-likeness (QED) is 0.785. The zero-order valence-electron chi connectivity index (χ0n) is 10.2. The number of benzene rings is 1. The lowest BCUT2D eigenvalue weighted by Gasteiger charge is -2.03. The molecule has 0 fully saturated rings. The molecule has 1 heterocycles. The van der Waals surface area contributed by atoms with Gasteiger partial charge in [-0.15, -0.1) is 0 Å². The van der Waals surface area contributed by atoms with Crippen molar-refractivity contribution in [2.24, 2.45) is 5.92 Å². The Bertz CT molecular complexity index is 605. The Balaban J connectivity index is 2.75. The molecule has 1 aromatic heterocycles. The minimum atomic E-state index is 0.416. The van der Waals surface area contributed by atoms with Crippen LogP contribution in [0.2, 0.25) is 5.02 Å². The van der Waals surface area contributed by atoms with Gasteiger partial charge in [-0.1, -0.05) is 25.4 Å². The Kier molecular flexibility index (Phi) is 3.13. The number of halogens is 1. The van der Waals surface area contributed by atoms with E-state index < -0.39 is 0 Å². The molecule has 0 saturated heterocycles. The monoisotopic (exact) mass is 247 g/mol. The van der Waals surface area contributed by atoms with Crippen LogP contribution in [-0.2, 0) is 6.42 Å². The molecule has 2 nitrogen and oxygen atoms in total. The molecular weight excluding hydrogens is 234 g/mol. The third kappa shape index (κ3) is 2.16. The van der Waals surface area contributed by atoms with E-state index in [0.29, 0.717) is 16.7 Å². The molecule has 0 aliphatic heterocycles. The summed E-state index contributed by atoms with van der Waals surface area (Å²) in [5, 5.41) is 10.8. The number of furan rings is 1. The van der Waals surface area contributed by atoms with Crippen molar-refractivity contribution < 1.29 is 4.42 Å². The molecule has 0 aliphatic carbocycles. The van der Waals surface area contributed by atoms with Crippen LogP contribution < -0.4 is 0 Å². The van der Waals surface area contributed by atoms with Crippen LogP contribution in [0.15, 0.2) is 16.5 Å². The van der Waals surface area contributed by atoms with Gasteiger partial charge in [-0.3, -0.25) is 0 Å². The molecule has 3 heteroatoms. The SMILES string of the molecule is Cc1cc(Cl)cc2c(CC(C)C)c(C#N)oc12. The first-order chi connectivity index (χ1) is 8.02. The first kappa shape index (κ1) is 12.0. The zero-order chi connectivity index (χ0) is 12.6. The fraction of sp³-hybridized carbons (Fsp3) is 0.357. The second-order valence-corrected chi connectivity index (χ2v) is 5.16. The highest BCUT2D eigenvalue weighted by Crippen LogP contribution is 2.32. The highest BCUT2D eigenvalue weighted by Gasteiger charge is 2.16. The maximum absolute atomic E-state index is 9.12. The normalized spacial score (nSPS) is 11.1. The molecule has 0 N–H and O–H groups in total. The van der Waals surface area contributed by atoms with Crippen molar-refractivity contribution in [3.05, 3.63) is 34.0 Å². The molecule has 1 aromatic carbocycles. The standard InChI is InChI=1S/C14H14ClNO/c1-8(2)4-11-12-6-10(15)5-9(3)14(12)17-13(11)7-16/h5-6,8H,4H2,1-3H3. The van der Waals surface area contributed by atoms with Gasteiger partial charge in [0.2, 0.25) is 5.76 Å². The minimum absolute atomic E-state index is 0.416. The van der Waals surface area contributed by atoms with Crippen LogP contribution in [0.5, 0.6) is 0 Å². The summed E-state index contributed by atoms with van der Waals surface area (Å²) in [5.74, 6) is 0.890. The van der Waals surface area contributed by atoms with Crippen molar-refractivity contribution in [2.45, 2.75) is 27.2 Å². The van der Waals surface area contributed by atoms with Crippen LogP contribution in [0.25, 0.3) is 11.0 Å². The van der Waals surface area contributed by atoms with Crippen LogP contribution in [0, 0.1) is 24.2 Å². The molecule has 2 rings (SSSR count). The Morgan fingerprint density at radius 2 is 2.12 bits per heavy atom. The van der Waals surface area contributed by atoms with Crippen LogP contribution >= 0.6 is 11.6 Å². The van der Waals surface area contributed by atoms with Crippen molar-refractivity contribution in [1.29, 1.82) is 5.26 Å². The van der Waals surface area contributed by atoms with Crippen LogP contribution in [-0.4, -0.2) is 0 Å². The average molecular weight is 248 g/mol. The highest BCUT2D eigenvalue weighted by atomic mass is 35.5. The van der Waals surface area contributed by atoms with E-state index in [1.54, 1.807) is 0 Å². The minimum Gasteiger partial charge on any atom is -0.445 e. The van der Waals surface area contributed by atoms with Crippen LogP contribution in [0.1, 0.15) is 30.7 Å². The number of nitriles is 1. The van der Waals surface area contributed by atoms with Gasteiger partial charge in [-0.05, 0) is 37.0 Å². The summed E-state index contributed by atoms with van der Waals surface area (Å²) >= 11 is 6.06. The number of hydrogen-bond donors (Lipinski definition) is 0. The van der Waals surface area contributed by atoms with Crippen molar-refractivity contribution >= 4 is 22.6 Å². The van der Waals surface area contributed by atoms with Crippen molar-refractivity contribution in [2.75, 3.05) is 0 Å². The summed E-state index contributed by atoms with van der Waals surface area (Å²) in [6.07, 6.45) is 0.829. The fourth-order valence-corrected chi connectivity index (χ4v) is 2.35. The van der Waals surface area contributed by atoms with Crippen LogP contribution in [0.4, 0.5) is 0 Å². The van der Waals surface area contributed by atoms with Gasteiger partial charge in [0.05, 0.1) is 0 Å². The van der Waals surface area contributed by atoms with Crippen molar-refractivity contribution in [3.8, 4) is 6.07 Å².